The average Bonchev–Trinajstić information content (AvgIpc) is 2.63. The number of benzene rings is 2. The Balaban J connectivity index is 1.65. The lowest BCUT2D eigenvalue weighted by atomic mass is 10.1. The topological polar surface area (TPSA) is 54.4 Å². The van der Waals surface area contributed by atoms with Gasteiger partial charge in [0.2, 0.25) is 0 Å². The Morgan fingerprint density at radius 1 is 1.00 bits per heavy atom. The number of anilines is 1. The molecule has 0 unspecified atom stereocenters. The van der Waals surface area contributed by atoms with Crippen molar-refractivity contribution in [2.24, 2.45) is 0 Å². The molecule has 0 spiro atoms. The molecule has 3 rings (SSSR count). The van der Waals surface area contributed by atoms with Gasteiger partial charge in [0, 0.05) is 17.7 Å². The first-order valence-corrected chi connectivity index (χ1v) is 7.96. The van der Waals surface area contributed by atoms with Crippen LogP contribution < -0.4 is 10.1 Å². The fraction of sp³-hybridized carbons (Fsp3) is 0.150. The monoisotopic (exact) mass is 320 g/mol. The second-order valence-electron chi connectivity index (χ2n) is 5.37. The summed E-state index contributed by atoms with van der Waals surface area (Å²) in [6, 6.07) is 19.2. The molecule has 24 heavy (non-hydrogen) atoms. The summed E-state index contributed by atoms with van der Waals surface area (Å²) in [6.07, 6.45) is 1.80. The zero-order valence-corrected chi connectivity index (χ0v) is 13.6. The van der Waals surface area contributed by atoms with Crippen molar-refractivity contribution in [2.75, 3.05) is 11.9 Å². The first kappa shape index (κ1) is 15.9. The molecule has 0 aliphatic carbocycles. The summed E-state index contributed by atoms with van der Waals surface area (Å²) in [5.74, 6) is 1.16. The minimum Gasteiger partial charge on any atom is -0.508 e. The molecule has 1 heterocycles. The molecule has 2 N–H and O–H groups in total. The highest BCUT2D eigenvalue weighted by atomic mass is 16.5. The number of nitrogens with zero attached hydrogens (tertiary/aromatic N) is 1. The Bertz CT molecular complexity index is 783. The van der Waals surface area contributed by atoms with E-state index in [9.17, 15) is 5.11 Å². The summed E-state index contributed by atoms with van der Waals surface area (Å²) < 4.78 is 5.45. The molecule has 0 saturated heterocycles. The second-order valence-corrected chi connectivity index (χ2v) is 5.37. The van der Waals surface area contributed by atoms with Crippen LogP contribution in [-0.4, -0.2) is 16.7 Å². The molecule has 122 valence electrons. The van der Waals surface area contributed by atoms with Gasteiger partial charge < -0.3 is 15.2 Å². The van der Waals surface area contributed by atoms with E-state index in [0.717, 1.165) is 28.3 Å². The van der Waals surface area contributed by atoms with E-state index in [2.05, 4.69) is 10.3 Å². The number of ether oxygens (including phenoxy) is 1. The molecule has 0 aliphatic rings. The molecular formula is C20H20N2O2. The number of hydrogen-bond donors (Lipinski definition) is 2. The van der Waals surface area contributed by atoms with E-state index < -0.39 is 0 Å². The summed E-state index contributed by atoms with van der Waals surface area (Å²) in [7, 11) is 0. The molecule has 0 aliphatic heterocycles. The molecule has 4 heteroatoms. The van der Waals surface area contributed by atoms with E-state index >= 15 is 0 Å². The number of aromatic nitrogens is 1. The fourth-order valence-electron chi connectivity index (χ4n) is 2.42. The Labute approximate surface area is 141 Å². The Morgan fingerprint density at radius 2 is 1.79 bits per heavy atom. The third-order valence-electron chi connectivity index (χ3n) is 3.70. The Morgan fingerprint density at radius 3 is 2.46 bits per heavy atom. The fourth-order valence-corrected chi connectivity index (χ4v) is 2.42. The van der Waals surface area contributed by atoms with Crippen LogP contribution in [0.1, 0.15) is 12.5 Å². The van der Waals surface area contributed by atoms with Crippen molar-refractivity contribution in [1.29, 1.82) is 0 Å². The van der Waals surface area contributed by atoms with Crippen molar-refractivity contribution in [3.05, 3.63) is 72.4 Å². The number of para-hydroxylation sites is 1. The second kappa shape index (κ2) is 7.51. The van der Waals surface area contributed by atoms with Gasteiger partial charge in [-0.25, -0.2) is 0 Å². The van der Waals surface area contributed by atoms with E-state index in [4.69, 9.17) is 4.74 Å². The average molecular weight is 320 g/mol. The summed E-state index contributed by atoms with van der Waals surface area (Å²) in [4.78, 5) is 4.49. The Hall–Kier alpha value is -3.01. The number of phenolic OH excluding ortho intramolecular Hbond substituents is 1. The maximum Gasteiger partial charge on any atom is 0.120 e. The number of pyridine rings is 1. The van der Waals surface area contributed by atoms with Crippen molar-refractivity contribution in [2.45, 2.75) is 13.5 Å². The summed E-state index contributed by atoms with van der Waals surface area (Å²) in [6.45, 7) is 3.18. The largest absolute Gasteiger partial charge is 0.508 e. The maximum atomic E-state index is 9.78. The van der Waals surface area contributed by atoms with Gasteiger partial charge in [0.05, 0.1) is 24.2 Å². The first-order chi connectivity index (χ1) is 11.8. The van der Waals surface area contributed by atoms with Gasteiger partial charge in [-0.3, -0.25) is 4.98 Å². The van der Waals surface area contributed by atoms with E-state index in [-0.39, 0.29) is 0 Å². The highest BCUT2D eigenvalue weighted by Crippen LogP contribution is 2.22. The van der Waals surface area contributed by atoms with Crippen LogP contribution in [0.15, 0.2) is 66.9 Å². The third-order valence-corrected chi connectivity index (χ3v) is 3.70. The number of phenols is 1. The van der Waals surface area contributed by atoms with Crippen molar-refractivity contribution < 1.29 is 9.84 Å². The third kappa shape index (κ3) is 3.84. The van der Waals surface area contributed by atoms with Crippen molar-refractivity contribution >= 4 is 5.69 Å². The zero-order valence-electron chi connectivity index (χ0n) is 13.6. The minimum atomic E-state index is 0.295. The molecule has 0 fully saturated rings. The standard InChI is InChI=1S/C20H20N2O2/c1-2-24-18-10-7-15(8-11-18)19-12-9-17(14-22-19)21-13-16-5-3-4-6-20(16)23/h3-12,14,21,23H,2,13H2,1H3. The van der Waals surface area contributed by atoms with Crippen molar-refractivity contribution in [1.82, 2.24) is 4.98 Å². The lowest BCUT2D eigenvalue weighted by Crippen LogP contribution is -2.00. The molecule has 1 aromatic heterocycles. The molecule has 3 aromatic rings. The minimum absolute atomic E-state index is 0.295. The van der Waals surface area contributed by atoms with Crippen molar-refractivity contribution in [3.8, 4) is 22.8 Å². The molecule has 0 saturated carbocycles. The maximum absolute atomic E-state index is 9.78. The summed E-state index contributed by atoms with van der Waals surface area (Å²) >= 11 is 0. The van der Waals surface area contributed by atoms with Crippen LogP contribution in [0, 0.1) is 0 Å². The van der Waals surface area contributed by atoms with Crippen LogP contribution in [0.4, 0.5) is 5.69 Å². The van der Waals surface area contributed by atoms with Gasteiger partial charge in [0.25, 0.3) is 0 Å². The van der Waals surface area contributed by atoms with Crippen LogP contribution in [0.3, 0.4) is 0 Å². The van der Waals surface area contributed by atoms with Crippen LogP contribution in [0.25, 0.3) is 11.3 Å². The first-order valence-electron chi connectivity index (χ1n) is 7.96. The van der Waals surface area contributed by atoms with Gasteiger partial charge >= 0.3 is 0 Å². The predicted molar refractivity (Wildman–Crippen MR) is 96.3 cm³/mol. The smallest absolute Gasteiger partial charge is 0.120 e. The highest BCUT2D eigenvalue weighted by molar-refractivity contribution is 5.62. The van der Waals surface area contributed by atoms with Crippen LogP contribution in [0.5, 0.6) is 11.5 Å². The number of nitrogens with one attached hydrogen (secondary N) is 1. The lowest BCUT2D eigenvalue weighted by molar-refractivity contribution is 0.340. The summed E-state index contributed by atoms with van der Waals surface area (Å²) in [5, 5.41) is 13.0. The van der Waals surface area contributed by atoms with Crippen LogP contribution in [-0.2, 0) is 6.54 Å². The molecule has 0 radical (unpaired) electrons. The van der Waals surface area contributed by atoms with Gasteiger partial charge in [-0.15, -0.1) is 0 Å². The van der Waals surface area contributed by atoms with Gasteiger partial charge in [-0.05, 0) is 49.4 Å². The van der Waals surface area contributed by atoms with E-state index in [1.165, 1.54) is 0 Å². The van der Waals surface area contributed by atoms with Crippen LogP contribution >= 0.6 is 0 Å². The SMILES string of the molecule is CCOc1ccc(-c2ccc(NCc3ccccc3O)cn2)cc1. The van der Waals surface area contributed by atoms with E-state index in [1.54, 1.807) is 12.3 Å². The molecule has 0 amide bonds. The molecule has 0 atom stereocenters. The van der Waals surface area contributed by atoms with E-state index in [1.807, 2.05) is 61.5 Å². The van der Waals surface area contributed by atoms with E-state index in [0.29, 0.717) is 18.9 Å². The van der Waals surface area contributed by atoms with Crippen molar-refractivity contribution in [3.63, 3.8) is 0 Å². The van der Waals surface area contributed by atoms with Crippen LogP contribution in [0.2, 0.25) is 0 Å². The highest BCUT2D eigenvalue weighted by Gasteiger charge is 2.02. The number of hydrogen-bond acceptors (Lipinski definition) is 4. The van der Waals surface area contributed by atoms with Gasteiger partial charge in [0.15, 0.2) is 0 Å². The molecular weight excluding hydrogens is 300 g/mol. The molecule has 4 nitrogen and oxygen atoms in total. The van der Waals surface area contributed by atoms with Gasteiger partial charge in [-0.1, -0.05) is 18.2 Å². The Kier molecular flexibility index (Phi) is 4.96. The number of aromatic hydroxyl groups is 1. The van der Waals surface area contributed by atoms with Gasteiger partial charge in [-0.2, -0.15) is 0 Å². The normalized spacial score (nSPS) is 10.4. The van der Waals surface area contributed by atoms with Gasteiger partial charge in [0.1, 0.15) is 11.5 Å². The zero-order chi connectivity index (χ0) is 16.8. The lowest BCUT2D eigenvalue weighted by Gasteiger charge is -2.09. The molecule has 0 bridgehead atoms. The predicted octanol–water partition coefficient (Wildman–Crippen LogP) is 4.47. The quantitative estimate of drug-likeness (QED) is 0.704. The summed E-state index contributed by atoms with van der Waals surface area (Å²) in [5.41, 5.74) is 3.72. The molecule has 2 aromatic carbocycles. The number of rotatable bonds is 6.